The van der Waals surface area contributed by atoms with Gasteiger partial charge in [0.05, 0.1) is 11.5 Å². The van der Waals surface area contributed by atoms with E-state index in [1.807, 2.05) is 13.8 Å². The smallest absolute Gasteiger partial charge is 0.251 e. The van der Waals surface area contributed by atoms with Crippen LogP contribution >= 0.6 is 0 Å². The van der Waals surface area contributed by atoms with E-state index in [-0.39, 0.29) is 30.0 Å². The van der Waals surface area contributed by atoms with E-state index in [0.717, 1.165) is 6.42 Å². The van der Waals surface area contributed by atoms with E-state index < -0.39 is 10.0 Å². The molecule has 118 valence electrons. The Kier molecular flexibility index (Phi) is 6.80. The first kappa shape index (κ1) is 17.6. The Hall–Kier alpha value is -1.44. The fraction of sp³-hybridized carbons (Fsp3) is 0.500. The van der Waals surface area contributed by atoms with Crippen molar-refractivity contribution in [2.24, 2.45) is 0 Å². The lowest BCUT2D eigenvalue weighted by Crippen LogP contribution is -2.32. The number of hydrogen-bond acceptors (Lipinski definition) is 4. The van der Waals surface area contributed by atoms with Gasteiger partial charge in [-0.25, -0.2) is 13.1 Å². The minimum absolute atomic E-state index is 0.0394. The number of hydrogen-bond donors (Lipinski definition) is 2. The van der Waals surface area contributed by atoms with Crippen LogP contribution < -0.4 is 10.0 Å². The summed E-state index contributed by atoms with van der Waals surface area (Å²) >= 11 is 0. The highest BCUT2D eigenvalue weighted by atomic mass is 32.2. The van der Waals surface area contributed by atoms with Gasteiger partial charge in [0.2, 0.25) is 10.0 Å². The highest BCUT2D eigenvalue weighted by molar-refractivity contribution is 7.89. The molecule has 0 saturated carbocycles. The lowest BCUT2D eigenvalue weighted by atomic mass is 10.2. The van der Waals surface area contributed by atoms with E-state index in [9.17, 15) is 13.2 Å². The molecule has 0 heterocycles. The Morgan fingerprint density at radius 3 is 2.71 bits per heavy atom. The molecule has 1 amide bonds. The van der Waals surface area contributed by atoms with Crippen molar-refractivity contribution in [3.63, 3.8) is 0 Å². The van der Waals surface area contributed by atoms with Crippen LogP contribution in [0.25, 0.3) is 0 Å². The maximum absolute atomic E-state index is 12.1. The predicted molar refractivity (Wildman–Crippen MR) is 80.7 cm³/mol. The molecule has 1 rings (SSSR count). The molecule has 0 aliphatic carbocycles. The molecular weight excluding hydrogens is 292 g/mol. The third-order valence-corrected chi connectivity index (χ3v) is 4.45. The Labute approximate surface area is 125 Å². The van der Waals surface area contributed by atoms with E-state index >= 15 is 0 Å². The normalized spacial score (nSPS) is 12.9. The summed E-state index contributed by atoms with van der Waals surface area (Å²) in [5.41, 5.74) is 0.324. The number of rotatable bonds is 8. The van der Waals surface area contributed by atoms with E-state index in [1.54, 1.807) is 12.1 Å². The maximum atomic E-state index is 12.1. The second-order valence-electron chi connectivity index (χ2n) is 4.70. The van der Waals surface area contributed by atoms with Gasteiger partial charge in [-0.15, -0.1) is 0 Å². The van der Waals surface area contributed by atoms with Gasteiger partial charge in [-0.05, 0) is 31.5 Å². The quantitative estimate of drug-likeness (QED) is 0.705. The molecule has 1 unspecified atom stereocenters. The number of carbonyl (C=O) groups excluding carboxylic acids is 1. The Balaban J connectivity index is 2.87. The Morgan fingerprint density at radius 2 is 2.10 bits per heavy atom. The molecule has 0 saturated heterocycles. The van der Waals surface area contributed by atoms with Crippen molar-refractivity contribution in [2.75, 3.05) is 20.3 Å². The van der Waals surface area contributed by atoms with Gasteiger partial charge in [-0.3, -0.25) is 4.79 Å². The molecule has 21 heavy (non-hydrogen) atoms. The lowest BCUT2D eigenvalue weighted by molar-refractivity contribution is 0.0939. The number of amides is 1. The second-order valence-corrected chi connectivity index (χ2v) is 6.47. The molecule has 0 bridgehead atoms. The molecule has 6 nitrogen and oxygen atoms in total. The van der Waals surface area contributed by atoms with Crippen LogP contribution in [0.3, 0.4) is 0 Å². The zero-order chi connectivity index (χ0) is 15.9. The van der Waals surface area contributed by atoms with E-state index in [1.165, 1.54) is 19.2 Å². The van der Waals surface area contributed by atoms with Crippen molar-refractivity contribution in [1.82, 2.24) is 10.0 Å². The number of sulfonamides is 1. The standard InChI is InChI=1S/C14H22N2O4S/c1-4-11(2)16-14(17)12-6-5-7-13(10-12)21(18,19)15-8-9-20-3/h5-7,10-11,15H,4,8-9H2,1-3H3,(H,16,17). The minimum atomic E-state index is -3.63. The summed E-state index contributed by atoms with van der Waals surface area (Å²) in [6.07, 6.45) is 0.808. The molecule has 1 atom stereocenters. The van der Waals surface area contributed by atoms with E-state index in [4.69, 9.17) is 4.74 Å². The van der Waals surface area contributed by atoms with Crippen LogP contribution in [0.15, 0.2) is 29.2 Å². The maximum Gasteiger partial charge on any atom is 0.251 e. The van der Waals surface area contributed by atoms with Gasteiger partial charge in [0, 0.05) is 25.3 Å². The summed E-state index contributed by atoms with van der Waals surface area (Å²) in [4.78, 5) is 12.1. The fourth-order valence-electron chi connectivity index (χ4n) is 1.58. The van der Waals surface area contributed by atoms with Gasteiger partial charge in [-0.2, -0.15) is 0 Å². The first-order chi connectivity index (χ1) is 9.90. The molecule has 1 aromatic rings. The van der Waals surface area contributed by atoms with Gasteiger partial charge < -0.3 is 10.1 Å². The highest BCUT2D eigenvalue weighted by Crippen LogP contribution is 2.11. The molecule has 0 radical (unpaired) electrons. The molecular formula is C14H22N2O4S. The average molecular weight is 314 g/mol. The predicted octanol–water partition coefficient (Wildman–Crippen LogP) is 1.14. The lowest BCUT2D eigenvalue weighted by Gasteiger charge is -2.12. The molecule has 0 aliphatic heterocycles. The monoisotopic (exact) mass is 314 g/mol. The van der Waals surface area contributed by atoms with Crippen LogP contribution in [0.1, 0.15) is 30.6 Å². The zero-order valence-corrected chi connectivity index (χ0v) is 13.4. The number of carbonyl (C=O) groups is 1. The van der Waals surface area contributed by atoms with Crippen LogP contribution in [0, 0.1) is 0 Å². The number of methoxy groups -OCH3 is 1. The third kappa shape index (κ3) is 5.45. The minimum Gasteiger partial charge on any atom is -0.383 e. The summed E-state index contributed by atoms with van der Waals surface area (Å²) in [5, 5.41) is 2.80. The Bertz CT molecular complexity index is 572. The van der Waals surface area contributed by atoms with Crippen LogP contribution in [0.4, 0.5) is 0 Å². The molecule has 0 aromatic heterocycles. The molecule has 7 heteroatoms. The van der Waals surface area contributed by atoms with Gasteiger partial charge in [0.15, 0.2) is 0 Å². The summed E-state index contributed by atoms with van der Waals surface area (Å²) in [6, 6.07) is 6.00. The van der Waals surface area contributed by atoms with E-state index in [0.29, 0.717) is 5.56 Å². The zero-order valence-electron chi connectivity index (χ0n) is 12.5. The van der Waals surface area contributed by atoms with Crippen molar-refractivity contribution in [2.45, 2.75) is 31.2 Å². The van der Waals surface area contributed by atoms with Gasteiger partial charge in [0.25, 0.3) is 5.91 Å². The summed E-state index contributed by atoms with van der Waals surface area (Å²) < 4.78 is 31.3. The van der Waals surface area contributed by atoms with Gasteiger partial charge in [-0.1, -0.05) is 13.0 Å². The van der Waals surface area contributed by atoms with Crippen LogP contribution in [-0.4, -0.2) is 40.6 Å². The molecule has 2 N–H and O–H groups in total. The first-order valence-corrected chi connectivity index (χ1v) is 8.28. The molecule has 1 aromatic carbocycles. The van der Waals surface area contributed by atoms with Crippen LogP contribution in [0.5, 0.6) is 0 Å². The van der Waals surface area contributed by atoms with Crippen molar-refractivity contribution < 1.29 is 17.9 Å². The summed E-state index contributed by atoms with van der Waals surface area (Å²) in [6.45, 7) is 4.33. The third-order valence-electron chi connectivity index (χ3n) is 2.99. The molecule has 0 aliphatic rings. The second kappa shape index (κ2) is 8.11. The summed E-state index contributed by atoms with van der Waals surface area (Å²) in [5.74, 6) is -0.279. The van der Waals surface area contributed by atoms with Crippen LogP contribution in [-0.2, 0) is 14.8 Å². The van der Waals surface area contributed by atoms with Crippen molar-refractivity contribution >= 4 is 15.9 Å². The number of benzene rings is 1. The SMILES string of the molecule is CCC(C)NC(=O)c1cccc(S(=O)(=O)NCCOC)c1. The van der Waals surface area contributed by atoms with Gasteiger partial charge in [0.1, 0.15) is 0 Å². The van der Waals surface area contributed by atoms with E-state index in [2.05, 4.69) is 10.0 Å². The summed E-state index contributed by atoms with van der Waals surface area (Å²) in [7, 11) is -2.14. The van der Waals surface area contributed by atoms with Crippen LogP contribution in [0.2, 0.25) is 0 Å². The van der Waals surface area contributed by atoms with Crippen molar-refractivity contribution in [3.05, 3.63) is 29.8 Å². The molecule has 0 fully saturated rings. The van der Waals surface area contributed by atoms with Gasteiger partial charge >= 0.3 is 0 Å². The average Bonchev–Trinajstić information content (AvgIpc) is 2.47. The van der Waals surface area contributed by atoms with Crippen molar-refractivity contribution in [3.8, 4) is 0 Å². The Morgan fingerprint density at radius 1 is 1.38 bits per heavy atom. The first-order valence-electron chi connectivity index (χ1n) is 6.80. The topological polar surface area (TPSA) is 84.5 Å². The van der Waals surface area contributed by atoms with Crippen molar-refractivity contribution in [1.29, 1.82) is 0 Å². The fourth-order valence-corrected chi connectivity index (χ4v) is 2.63. The highest BCUT2D eigenvalue weighted by Gasteiger charge is 2.16. The largest absolute Gasteiger partial charge is 0.383 e. The number of ether oxygens (including phenoxy) is 1. The number of nitrogens with one attached hydrogen (secondary N) is 2. The molecule has 0 spiro atoms.